The molecule has 2 heterocycles. The largest absolute Gasteiger partial charge is 0.394 e. The van der Waals surface area contributed by atoms with Gasteiger partial charge in [0.1, 0.15) is 6.54 Å². The second-order valence-electron chi connectivity index (χ2n) is 5.43. The summed E-state index contributed by atoms with van der Waals surface area (Å²) in [6, 6.07) is 7.46. The fourth-order valence-corrected chi connectivity index (χ4v) is 3.24. The Bertz CT molecular complexity index is 840. The van der Waals surface area contributed by atoms with Crippen LogP contribution in [0.2, 0.25) is 0 Å². The summed E-state index contributed by atoms with van der Waals surface area (Å²) < 4.78 is 1.90. The Labute approximate surface area is 137 Å². The van der Waals surface area contributed by atoms with Gasteiger partial charge in [0.2, 0.25) is 5.91 Å². The molecule has 120 valence electrons. The van der Waals surface area contributed by atoms with E-state index in [1.54, 1.807) is 12.4 Å². The van der Waals surface area contributed by atoms with Gasteiger partial charge in [-0.25, -0.2) is 9.97 Å². The highest BCUT2D eigenvalue weighted by molar-refractivity contribution is 7.13. The minimum absolute atomic E-state index is 0.0861. The quantitative estimate of drug-likeness (QED) is 0.749. The minimum atomic E-state index is -0.272. The van der Waals surface area contributed by atoms with Gasteiger partial charge in [-0.1, -0.05) is 12.1 Å². The van der Waals surface area contributed by atoms with E-state index in [4.69, 9.17) is 5.11 Å². The fourth-order valence-electron chi connectivity index (χ4n) is 2.44. The van der Waals surface area contributed by atoms with Crippen molar-refractivity contribution in [1.29, 1.82) is 0 Å². The van der Waals surface area contributed by atoms with Gasteiger partial charge in [-0.2, -0.15) is 0 Å². The summed E-state index contributed by atoms with van der Waals surface area (Å²) in [7, 11) is 0. The number of rotatable bonds is 5. The first-order valence-corrected chi connectivity index (χ1v) is 8.24. The first kappa shape index (κ1) is 15.6. The van der Waals surface area contributed by atoms with E-state index in [9.17, 15) is 4.79 Å². The molecule has 0 fully saturated rings. The summed E-state index contributed by atoms with van der Waals surface area (Å²) in [4.78, 5) is 22.2. The first-order chi connectivity index (χ1) is 11.1. The number of hydrogen-bond donors (Lipinski definition) is 2. The fraction of sp³-hybridized carbons (Fsp3) is 0.312. The van der Waals surface area contributed by atoms with E-state index in [0.717, 1.165) is 27.4 Å². The third-order valence-electron chi connectivity index (χ3n) is 3.59. The highest BCUT2D eigenvalue weighted by Crippen LogP contribution is 2.29. The number of aryl methyl sites for hydroxylation is 1. The Balaban J connectivity index is 2.03. The van der Waals surface area contributed by atoms with Crippen LogP contribution in [0.5, 0.6) is 0 Å². The van der Waals surface area contributed by atoms with Crippen LogP contribution in [0.1, 0.15) is 12.6 Å². The molecule has 0 saturated carbocycles. The Morgan fingerprint density at radius 1 is 1.43 bits per heavy atom. The monoisotopic (exact) mass is 330 g/mol. The molecule has 0 radical (unpaired) electrons. The molecule has 2 N–H and O–H groups in total. The van der Waals surface area contributed by atoms with Gasteiger partial charge >= 0.3 is 0 Å². The normalized spacial score (nSPS) is 12.5. The summed E-state index contributed by atoms with van der Waals surface area (Å²) in [6.45, 7) is 3.76. The molecule has 0 saturated heterocycles. The number of amides is 1. The van der Waals surface area contributed by atoms with E-state index in [1.807, 2.05) is 35.8 Å². The highest BCUT2D eigenvalue weighted by Gasteiger charge is 2.18. The van der Waals surface area contributed by atoms with Gasteiger partial charge < -0.3 is 15.0 Å². The van der Waals surface area contributed by atoms with Crippen LogP contribution < -0.4 is 5.32 Å². The van der Waals surface area contributed by atoms with Crippen LogP contribution in [-0.2, 0) is 11.3 Å². The zero-order valence-electron chi connectivity index (χ0n) is 13.0. The third-order valence-corrected chi connectivity index (χ3v) is 4.51. The molecule has 1 aromatic carbocycles. The maximum absolute atomic E-state index is 12.2. The first-order valence-electron chi connectivity index (χ1n) is 7.36. The van der Waals surface area contributed by atoms with Crippen molar-refractivity contribution in [3.05, 3.63) is 35.5 Å². The molecular weight excluding hydrogens is 312 g/mol. The maximum atomic E-state index is 12.2. The molecule has 0 aliphatic heterocycles. The second kappa shape index (κ2) is 6.47. The molecule has 3 rings (SSSR count). The van der Waals surface area contributed by atoms with Gasteiger partial charge in [0.05, 0.1) is 33.7 Å². The third kappa shape index (κ3) is 3.11. The average molecular weight is 330 g/mol. The lowest BCUT2D eigenvalue weighted by atomic mass is 10.3. The number of carbonyl (C=O) groups excluding carboxylic acids is 1. The molecule has 0 aliphatic rings. The zero-order chi connectivity index (χ0) is 16.4. The van der Waals surface area contributed by atoms with E-state index in [-0.39, 0.29) is 25.1 Å². The van der Waals surface area contributed by atoms with E-state index in [0.29, 0.717) is 0 Å². The number of aliphatic hydroxyl groups is 1. The van der Waals surface area contributed by atoms with Crippen LogP contribution in [0.3, 0.4) is 0 Å². The average Bonchev–Trinajstić information content (AvgIpc) is 3.11. The van der Waals surface area contributed by atoms with Crippen molar-refractivity contribution in [1.82, 2.24) is 19.9 Å². The lowest BCUT2D eigenvalue weighted by Crippen LogP contribution is -2.37. The van der Waals surface area contributed by atoms with Gasteiger partial charge in [-0.05, 0) is 26.0 Å². The van der Waals surface area contributed by atoms with Gasteiger partial charge in [-0.15, -0.1) is 11.3 Å². The van der Waals surface area contributed by atoms with Crippen molar-refractivity contribution in [2.24, 2.45) is 0 Å². The molecule has 0 spiro atoms. The summed E-state index contributed by atoms with van der Waals surface area (Å²) in [5, 5.41) is 11.9. The molecular formula is C16H18N4O2S. The molecule has 2 aromatic heterocycles. The summed E-state index contributed by atoms with van der Waals surface area (Å²) in [5.41, 5.74) is 4.43. The number of para-hydroxylation sites is 2. The van der Waals surface area contributed by atoms with Crippen molar-refractivity contribution in [2.75, 3.05) is 6.61 Å². The van der Waals surface area contributed by atoms with Crippen molar-refractivity contribution in [3.63, 3.8) is 0 Å². The van der Waals surface area contributed by atoms with Crippen LogP contribution in [-0.4, -0.2) is 38.2 Å². The molecule has 3 aromatic rings. The Morgan fingerprint density at radius 2 is 2.22 bits per heavy atom. The van der Waals surface area contributed by atoms with E-state index >= 15 is 0 Å². The summed E-state index contributed by atoms with van der Waals surface area (Å²) in [5.74, 6) is 0.594. The topological polar surface area (TPSA) is 80.0 Å². The molecule has 23 heavy (non-hydrogen) atoms. The van der Waals surface area contributed by atoms with Crippen molar-refractivity contribution >= 4 is 28.3 Å². The Kier molecular flexibility index (Phi) is 4.40. The van der Waals surface area contributed by atoms with Gasteiger partial charge in [0, 0.05) is 6.04 Å². The zero-order valence-corrected chi connectivity index (χ0v) is 13.8. The number of aromatic nitrogens is 3. The molecule has 0 aliphatic carbocycles. The SMILES string of the molecule is Cc1ncsc1-c1nc2ccccc2n1CC(=O)NC(C)CO. The van der Waals surface area contributed by atoms with Gasteiger partial charge in [0.25, 0.3) is 0 Å². The number of hydrogen-bond acceptors (Lipinski definition) is 5. The standard InChI is InChI=1S/C16H18N4O2S/c1-10(8-21)18-14(22)7-20-13-6-4-3-5-12(13)19-16(20)15-11(2)17-9-23-15/h3-6,9-10,21H,7-8H2,1-2H3,(H,18,22). The van der Waals surface area contributed by atoms with Gasteiger partial charge in [-0.3, -0.25) is 4.79 Å². The number of nitrogens with zero attached hydrogens (tertiary/aromatic N) is 3. The lowest BCUT2D eigenvalue weighted by molar-refractivity contribution is -0.122. The number of fused-ring (bicyclic) bond motifs is 1. The molecule has 1 atom stereocenters. The number of nitrogens with one attached hydrogen (secondary N) is 1. The summed E-state index contributed by atoms with van der Waals surface area (Å²) >= 11 is 1.51. The van der Waals surface area contributed by atoms with Crippen LogP contribution in [0.25, 0.3) is 21.7 Å². The summed E-state index contributed by atoms with van der Waals surface area (Å²) in [6.07, 6.45) is 0. The van der Waals surface area contributed by atoms with Crippen LogP contribution in [0.4, 0.5) is 0 Å². The van der Waals surface area contributed by atoms with Crippen LogP contribution in [0, 0.1) is 6.92 Å². The van der Waals surface area contributed by atoms with Gasteiger partial charge in [0.15, 0.2) is 5.82 Å². The van der Waals surface area contributed by atoms with E-state index in [2.05, 4.69) is 15.3 Å². The number of aliphatic hydroxyl groups excluding tert-OH is 1. The minimum Gasteiger partial charge on any atom is -0.394 e. The predicted octanol–water partition coefficient (Wildman–Crippen LogP) is 1.97. The van der Waals surface area contributed by atoms with Crippen LogP contribution >= 0.6 is 11.3 Å². The number of thiazole rings is 1. The van der Waals surface area contributed by atoms with E-state index < -0.39 is 0 Å². The highest BCUT2D eigenvalue weighted by atomic mass is 32.1. The van der Waals surface area contributed by atoms with Crippen molar-refractivity contribution in [2.45, 2.75) is 26.4 Å². The maximum Gasteiger partial charge on any atom is 0.240 e. The van der Waals surface area contributed by atoms with Crippen molar-refractivity contribution < 1.29 is 9.90 Å². The Morgan fingerprint density at radius 3 is 2.91 bits per heavy atom. The number of imidazole rings is 1. The smallest absolute Gasteiger partial charge is 0.240 e. The Hall–Kier alpha value is -2.25. The molecule has 6 nitrogen and oxygen atoms in total. The predicted molar refractivity (Wildman–Crippen MR) is 90.3 cm³/mol. The molecule has 1 amide bonds. The molecule has 7 heteroatoms. The van der Waals surface area contributed by atoms with E-state index in [1.165, 1.54) is 11.3 Å². The second-order valence-corrected chi connectivity index (χ2v) is 6.28. The lowest BCUT2D eigenvalue weighted by Gasteiger charge is -2.13. The van der Waals surface area contributed by atoms with Crippen molar-refractivity contribution in [3.8, 4) is 10.7 Å². The number of carbonyl (C=O) groups is 1. The number of benzene rings is 1. The van der Waals surface area contributed by atoms with Crippen LogP contribution in [0.15, 0.2) is 29.8 Å². The molecule has 1 unspecified atom stereocenters. The molecule has 0 bridgehead atoms.